The van der Waals surface area contributed by atoms with Gasteiger partial charge in [0.2, 0.25) is 0 Å². The minimum Gasteiger partial charge on any atom is -0.350 e. The van der Waals surface area contributed by atoms with Gasteiger partial charge in [0.05, 0.1) is 0 Å². The number of hydrogen-bond acceptors (Lipinski definition) is 4. The minimum absolute atomic E-state index is 0.132. The summed E-state index contributed by atoms with van der Waals surface area (Å²) in [5.74, 6) is 0. The van der Waals surface area contributed by atoms with Crippen LogP contribution in [0.1, 0.15) is 0 Å². The van der Waals surface area contributed by atoms with Crippen molar-refractivity contribution in [2.24, 2.45) is 0 Å². The maximum atomic E-state index is 9.84. The summed E-state index contributed by atoms with van der Waals surface area (Å²) in [5.41, 5.74) is 0. The molecule has 1 aliphatic heterocycles. The van der Waals surface area contributed by atoms with E-state index in [9.17, 15) is 10.1 Å². The van der Waals surface area contributed by atoms with Crippen molar-refractivity contribution in [2.75, 3.05) is 6.61 Å². The second kappa shape index (κ2) is 2.06. The number of nitrogens with one attached hydrogen (secondary N) is 1. The monoisotopic (exact) mass is 117 g/mol. The quantitative estimate of drug-likeness (QED) is 0.365. The van der Waals surface area contributed by atoms with Crippen molar-refractivity contribution in [2.45, 2.75) is 6.17 Å². The lowest BCUT2D eigenvalue weighted by Gasteiger charge is -1.94. The third kappa shape index (κ3) is 0.932. The Morgan fingerprint density at radius 2 is 2.75 bits per heavy atom. The summed E-state index contributed by atoms with van der Waals surface area (Å²) in [5, 5.41) is 12.3. The Balaban J connectivity index is 2.35. The smallest absolute Gasteiger partial charge is 0.291 e. The van der Waals surface area contributed by atoms with Gasteiger partial charge in [0.25, 0.3) is 6.17 Å². The summed E-state index contributed by atoms with van der Waals surface area (Å²) in [4.78, 5) is 9.42. The van der Waals surface area contributed by atoms with Crippen LogP contribution in [0, 0.1) is 16.8 Å². The van der Waals surface area contributed by atoms with Gasteiger partial charge in [-0.25, -0.2) is 5.32 Å². The number of hydrogen-bond donors (Lipinski definition) is 1. The molecule has 5 heteroatoms. The van der Waals surface area contributed by atoms with Crippen molar-refractivity contribution in [3.63, 3.8) is 0 Å². The molecule has 0 aromatic carbocycles. The molecule has 45 valence electrons. The fourth-order valence-corrected chi connectivity index (χ4v) is 0.436. The molecule has 1 aliphatic rings. The van der Waals surface area contributed by atoms with E-state index in [0.29, 0.717) is 0 Å². The number of nitro groups is 1. The lowest BCUT2D eigenvalue weighted by molar-refractivity contribution is -0.524. The van der Waals surface area contributed by atoms with Gasteiger partial charge in [0, 0.05) is 4.92 Å². The Morgan fingerprint density at radius 1 is 2.00 bits per heavy atom. The van der Waals surface area contributed by atoms with Crippen LogP contribution in [-0.2, 0) is 4.74 Å². The number of ether oxygens (including phenoxy) is 1. The summed E-state index contributed by atoms with van der Waals surface area (Å²) in [6.45, 7) is 1.36. The van der Waals surface area contributed by atoms with Crippen LogP contribution in [0.3, 0.4) is 0 Å². The van der Waals surface area contributed by atoms with Gasteiger partial charge >= 0.3 is 0 Å². The first-order valence-corrected chi connectivity index (χ1v) is 2.13. The average Bonchev–Trinajstić information content (AvgIpc) is 2.12. The molecule has 1 radical (unpaired) electrons. The molecular weight excluding hydrogens is 112 g/mol. The van der Waals surface area contributed by atoms with Crippen LogP contribution in [0.4, 0.5) is 0 Å². The molecule has 1 N–H and O–H groups in total. The lowest BCUT2D eigenvalue weighted by Crippen LogP contribution is -2.30. The first kappa shape index (κ1) is 5.46. The molecule has 0 amide bonds. The van der Waals surface area contributed by atoms with Gasteiger partial charge in [0.15, 0.2) is 6.73 Å². The van der Waals surface area contributed by atoms with Crippen LogP contribution < -0.4 is 5.32 Å². The molecule has 0 aromatic rings. The molecule has 0 bridgehead atoms. The highest BCUT2D eigenvalue weighted by atomic mass is 16.6. The van der Waals surface area contributed by atoms with Gasteiger partial charge < -0.3 is 4.74 Å². The zero-order valence-electron chi connectivity index (χ0n) is 4.03. The van der Waals surface area contributed by atoms with E-state index in [1.165, 1.54) is 6.73 Å². The van der Waals surface area contributed by atoms with Crippen molar-refractivity contribution in [1.82, 2.24) is 5.32 Å². The molecule has 0 aliphatic carbocycles. The van der Waals surface area contributed by atoms with E-state index in [4.69, 9.17) is 0 Å². The Bertz CT molecular complexity index is 98.7. The predicted molar refractivity (Wildman–Crippen MR) is 24.2 cm³/mol. The predicted octanol–water partition coefficient (Wildman–Crippen LogP) is -0.672. The zero-order chi connectivity index (χ0) is 5.98. The SMILES string of the molecule is O=[N+]([O-])C1CO[CH]N1. The summed E-state index contributed by atoms with van der Waals surface area (Å²) >= 11 is 0. The maximum absolute atomic E-state index is 9.84. The standard InChI is InChI=1S/C3H5N2O3/c6-5(7)3-1-8-2-4-3/h2-4H,1H2. The summed E-state index contributed by atoms with van der Waals surface area (Å²) in [6, 6.07) is 0. The van der Waals surface area contributed by atoms with Crippen molar-refractivity contribution < 1.29 is 9.66 Å². The molecule has 1 unspecified atom stereocenters. The van der Waals surface area contributed by atoms with E-state index in [0.717, 1.165) is 0 Å². The molecule has 0 spiro atoms. The van der Waals surface area contributed by atoms with E-state index in [2.05, 4.69) is 10.1 Å². The molecule has 0 aromatic heterocycles. The van der Waals surface area contributed by atoms with E-state index in [1.54, 1.807) is 0 Å². The average molecular weight is 117 g/mol. The number of nitrogens with zero attached hydrogens (tertiary/aromatic N) is 1. The molecule has 1 heterocycles. The van der Waals surface area contributed by atoms with Crippen molar-refractivity contribution in [3.05, 3.63) is 16.8 Å². The van der Waals surface area contributed by atoms with Gasteiger partial charge in [-0.1, -0.05) is 0 Å². The maximum Gasteiger partial charge on any atom is 0.291 e. The number of rotatable bonds is 1. The van der Waals surface area contributed by atoms with Gasteiger partial charge in [-0.05, 0) is 0 Å². The zero-order valence-corrected chi connectivity index (χ0v) is 4.03. The second-order valence-corrected chi connectivity index (χ2v) is 1.42. The van der Waals surface area contributed by atoms with Gasteiger partial charge in [-0.2, -0.15) is 0 Å². The highest BCUT2D eigenvalue weighted by Gasteiger charge is 2.24. The highest BCUT2D eigenvalue weighted by Crippen LogP contribution is 1.96. The van der Waals surface area contributed by atoms with Crippen LogP contribution in [0.25, 0.3) is 0 Å². The molecule has 1 rings (SSSR count). The second-order valence-electron chi connectivity index (χ2n) is 1.42. The Hall–Kier alpha value is -0.680. The van der Waals surface area contributed by atoms with E-state index in [-0.39, 0.29) is 6.61 Å². The highest BCUT2D eigenvalue weighted by molar-refractivity contribution is 4.63. The van der Waals surface area contributed by atoms with E-state index in [1.807, 2.05) is 0 Å². The van der Waals surface area contributed by atoms with Gasteiger partial charge in [-0.15, -0.1) is 0 Å². The van der Waals surface area contributed by atoms with Crippen LogP contribution in [0.2, 0.25) is 0 Å². The van der Waals surface area contributed by atoms with Crippen molar-refractivity contribution in [1.29, 1.82) is 0 Å². The molecular formula is C3H5N2O3. The van der Waals surface area contributed by atoms with Gasteiger partial charge in [-0.3, -0.25) is 10.1 Å². The summed E-state index contributed by atoms with van der Waals surface area (Å²) < 4.78 is 4.54. The first-order valence-electron chi connectivity index (χ1n) is 2.13. The van der Waals surface area contributed by atoms with Crippen molar-refractivity contribution in [3.8, 4) is 0 Å². The minimum atomic E-state index is -0.741. The normalized spacial score (nSPS) is 28.2. The third-order valence-corrected chi connectivity index (χ3v) is 0.852. The fraction of sp³-hybridized carbons (Fsp3) is 0.667. The Labute approximate surface area is 45.8 Å². The van der Waals surface area contributed by atoms with Crippen LogP contribution >= 0.6 is 0 Å². The van der Waals surface area contributed by atoms with Crippen molar-refractivity contribution >= 4 is 0 Å². The molecule has 1 fully saturated rings. The van der Waals surface area contributed by atoms with Gasteiger partial charge in [0.1, 0.15) is 6.61 Å². The third-order valence-electron chi connectivity index (χ3n) is 0.852. The summed E-state index contributed by atoms with van der Waals surface area (Å²) in [6.07, 6.45) is -0.741. The Kier molecular flexibility index (Phi) is 1.40. The van der Waals surface area contributed by atoms with E-state index < -0.39 is 11.1 Å². The topological polar surface area (TPSA) is 64.4 Å². The van der Waals surface area contributed by atoms with E-state index >= 15 is 0 Å². The molecule has 1 atom stereocenters. The molecule has 1 saturated heterocycles. The molecule has 0 saturated carbocycles. The lowest BCUT2D eigenvalue weighted by atomic mass is 10.6. The summed E-state index contributed by atoms with van der Waals surface area (Å²) in [7, 11) is 0. The van der Waals surface area contributed by atoms with Crippen LogP contribution in [-0.4, -0.2) is 17.7 Å². The first-order chi connectivity index (χ1) is 3.80. The van der Waals surface area contributed by atoms with Crippen LogP contribution in [0.15, 0.2) is 0 Å². The van der Waals surface area contributed by atoms with Crippen LogP contribution in [0.5, 0.6) is 0 Å². The fourth-order valence-electron chi connectivity index (χ4n) is 0.436. The molecule has 8 heavy (non-hydrogen) atoms. The molecule has 5 nitrogen and oxygen atoms in total. The Morgan fingerprint density at radius 3 is 3.00 bits per heavy atom. The largest absolute Gasteiger partial charge is 0.350 e.